The maximum absolute atomic E-state index is 13.9. The van der Waals surface area contributed by atoms with Crippen LogP contribution in [0.2, 0.25) is 0 Å². The number of methoxy groups -OCH3 is 1. The fourth-order valence-electron chi connectivity index (χ4n) is 2.29. The van der Waals surface area contributed by atoms with Gasteiger partial charge in [-0.25, -0.2) is 9.37 Å². The fourth-order valence-corrected chi connectivity index (χ4v) is 2.47. The van der Waals surface area contributed by atoms with E-state index in [0.717, 1.165) is 5.69 Å². The van der Waals surface area contributed by atoms with E-state index in [-0.39, 0.29) is 11.7 Å². The van der Waals surface area contributed by atoms with Crippen LogP contribution < -0.4 is 4.74 Å². The monoisotopic (exact) mass is 290 g/mol. The molecule has 0 saturated heterocycles. The molecule has 3 rings (SSSR count). The highest BCUT2D eigenvalue weighted by atomic mass is 35.5. The second-order valence-corrected chi connectivity index (χ2v) is 4.54. The van der Waals surface area contributed by atoms with Crippen LogP contribution in [0.1, 0.15) is 5.82 Å². The summed E-state index contributed by atoms with van der Waals surface area (Å²) >= 11 is 5.95. The number of rotatable bonds is 3. The Morgan fingerprint density at radius 3 is 2.75 bits per heavy atom. The molecular weight excluding hydrogens is 279 g/mol. The number of hydrogen-bond acceptors (Lipinski definition) is 2. The summed E-state index contributed by atoms with van der Waals surface area (Å²) in [5, 5.41) is 0. The van der Waals surface area contributed by atoms with Crippen molar-refractivity contribution in [1.82, 2.24) is 9.55 Å². The number of aromatic nitrogens is 2. The van der Waals surface area contributed by atoms with Crippen molar-refractivity contribution in [1.29, 1.82) is 0 Å². The third-order valence-corrected chi connectivity index (χ3v) is 3.39. The molecule has 0 aliphatic heterocycles. The molecule has 0 atom stereocenters. The van der Waals surface area contributed by atoms with Gasteiger partial charge in [0, 0.05) is 0 Å². The summed E-state index contributed by atoms with van der Waals surface area (Å²) in [6.45, 7) is 0. The minimum atomic E-state index is -0.359. The van der Waals surface area contributed by atoms with Gasteiger partial charge in [0.1, 0.15) is 17.1 Å². The topological polar surface area (TPSA) is 27.1 Å². The van der Waals surface area contributed by atoms with Crippen molar-refractivity contribution < 1.29 is 9.13 Å². The Labute approximate surface area is 120 Å². The van der Waals surface area contributed by atoms with E-state index in [0.29, 0.717) is 22.6 Å². The molecule has 20 heavy (non-hydrogen) atoms. The minimum Gasteiger partial charge on any atom is -0.495 e. The van der Waals surface area contributed by atoms with Crippen LogP contribution in [0.4, 0.5) is 4.39 Å². The van der Waals surface area contributed by atoms with Crippen LogP contribution in [0.3, 0.4) is 0 Å². The van der Waals surface area contributed by atoms with Gasteiger partial charge >= 0.3 is 0 Å². The van der Waals surface area contributed by atoms with E-state index in [1.165, 1.54) is 6.07 Å². The number of alkyl halides is 1. The first-order valence-corrected chi connectivity index (χ1v) is 6.65. The highest BCUT2D eigenvalue weighted by molar-refractivity contribution is 6.17. The van der Waals surface area contributed by atoms with Gasteiger partial charge in [-0.15, -0.1) is 11.6 Å². The lowest BCUT2D eigenvalue weighted by molar-refractivity contribution is 0.413. The summed E-state index contributed by atoms with van der Waals surface area (Å²) in [5.41, 5.74) is 1.78. The molecule has 1 aromatic heterocycles. The maximum atomic E-state index is 13.9. The molecule has 5 heteroatoms. The number of benzene rings is 2. The van der Waals surface area contributed by atoms with Crippen LogP contribution in [-0.2, 0) is 5.88 Å². The number of imidazole rings is 1. The van der Waals surface area contributed by atoms with Gasteiger partial charge in [-0.2, -0.15) is 0 Å². The van der Waals surface area contributed by atoms with E-state index in [2.05, 4.69) is 4.98 Å². The SMILES string of the molecule is COc1ccccc1-n1c(CCl)nc2c(F)cccc21. The van der Waals surface area contributed by atoms with Crippen LogP contribution >= 0.6 is 11.6 Å². The lowest BCUT2D eigenvalue weighted by Gasteiger charge is -2.12. The average molecular weight is 291 g/mol. The molecule has 0 amide bonds. The van der Waals surface area contributed by atoms with E-state index in [1.54, 1.807) is 13.2 Å². The predicted molar refractivity (Wildman–Crippen MR) is 77.1 cm³/mol. The Kier molecular flexibility index (Phi) is 3.32. The van der Waals surface area contributed by atoms with Crippen LogP contribution in [0.25, 0.3) is 16.7 Å². The third kappa shape index (κ3) is 1.93. The lowest BCUT2D eigenvalue weighted by Crippen LogP contribution is -2.01. The highest BCUT2D eigenvalue weighted by Gasteiger charge is 2.16. The Bertz CT molecular complexity index is 770. The first-order valence-electron chi connectivity index (χ1n) is 6.11. The van der Waals surface area contributed by atoms with Gasteiger partial charge in [0.15, 0.2) is 5.82 Å². The van der Waals surface area contributed by atoms with Crippen molar-refractivity contribution in [3.05, 3.63) is 54.1 Å². The average Bonchev–Trinajstić information content (AvgIpc) is 2.87. The van der Waals surface area contributed by atoms with Crippen LogP contribution in [0.5, 0.6) is 5.75 Å². The van der Waals surface area contributed by atoms with Crippen LogP contribution in [0, 0.1) is 5.82 Å². The maximum Gasteiger partial charge on any atom is 0.151 e. The molecule has 0 spiro atoms. The molecule has 2 aromatic carbocycles. The molecule has 0 N–H and O–H groups in total. The van der Waals surface area contributed by atoms with Crippen molar-refractivity contribution in [2.75, 3.05) is 7.11 Å². The molecular formula is C15H12ClFN2O. The summed E-state index contributed by atoms with van der Waals surface area (Å²) in [4.78, 5) is 4.28. The zero-order chi connectivity index (χ0) is 14.1. The molecule has 0 aliphatic carbocycles. The van der Waals surface area contributed by atoms with Gasteiger partial charge in [0.2, 0.25) is 0 Å². The summed E-state index contributed by atoms with van der Waals surface area (Å²) in [5.74, 6) is 1.09. The summed E-state index contributed by atoms with van der Waals surface area (Å²) in [6.07, 6.45) is 0. The van der Waals surface area contributed by atoms with E-state index in [9.17, 15) is 4.39 Å². The fraction of sp³-hybridized carbons (Fsp3) is 0.133. The van der Waals surface area contributed by atoms with E-state index < -0.39 is 0 Å². The second kappa shape index (κ2) is 5.13. The summed E-state index contributed by atoms with van der Waals surface area (Å²) < 4.78 is 21.0. The normalized spacial score (nSPS) is 10.9. The number of para-hydroxylation sites is 3. The van der Waals surface area contributed by atoms with Crippen LogP contribution in [-0.4, -0.2) is 16.7 Å². The van der Waals surface area contributed by atoms with E-state index >= 15 is 0 Å². The standard InChI is InChI=1S/C15H12ClFN2O/c1-20-13-8-3-2-6-11(13)19-12-7-4-5-10(17)15(12)18-14(19)9-16/h2-8H,9H2,1H3. The third-order valence-electron chi connectivity index (χ3n) is 3.15. The minimum absolute atomic E-state index is 0.187. The van der Waals surface area contributed by atoms with E-state index in [4.69, 9.17) is 16.3 Å². The van der Waals surface area contributed by atoms with Gasteiger partial charge in [0.25, 0.3) is 0 Å². The smallest absolute Gasteiger partial charge is 0.151 e. The number of ether oxygens (including phenoxy) is 1. The second-order valence-electron chi connectivity index (χ2n) is 4.28. The van der Waals surface area contributed by atoms with Gasteiger partial charge in [0.05, 0.1) is 24.2 Å². The predicted octanol–water partition coefficient (Wildman–Crippen LogP) is 3.91. The molecule has 0 saturated carbocycles. The van der Waals surface area contributed by atoms with Crippen LogP contribution in [0.15, 0.2) is 42.5 Å². The number of fused-ring (bicyclic) bond motifs is 1. The Morgan fingerprint density at radius 2 is 2.00 bits per heavy atom. The van der Waals surface area contributed by atoms with E-state index in [1.807, 2.05) is 34.9 Å². The molecule has 102 valence electrons. The zero-order valence-corrected chi connectivity index (χ0v) is 11.6. The largest absolute Gasteiger partial charge is 0.495 e. The molecule has 3 aromatic rings. The molecule has 0 bridgehead atoms. The van der Waals surface area contributed by atoms with Crippen molar-refractivity contribution in [3.8, 4) is 11.4 Å². The first-order chi connectivity index (χ1) is 9.76. The molecule has 1 heterocycles. The molecule has 0 unspecified atom stereocenters. The number of hydrogen-bond donors (Lipinski definition) is 0. The quantitative estimate of drug-likeness (QED) is 0.684. The number of halogens is 2. The van der Waals surface area contributed by atoms with Gasteiger partial charge in [-0.1, -0.05) is 18.2 Å². The van der Waals surface area contributed by atoms with Gasteiger partial charge in [-0.05, 0) is 24.3 Å². The van der Waals surface area contributed by atoms with Crippen molar-refractivity contribution in [2.24, 2.45) is 0 Å². The van der Waals surface area contributed by atoms with Gasteiger partial charge in [-0.3, -0.25) is 4.57 Å². The van der Waals surface area contributed by atoms with Crippen molar-refractivity contribution in [3.63, 3.8) is 0 Å². The zero-order valence-electron chi connectivity index (χ0n) is 10.8. The molecule has 0 fully saturated rings. The Hall–Kier alpha value is -2.07. The van der Waals surface area contributed by atoms with Gasteiger partial charge < -0.3 is 4.74 Å². The molecule has 3 nitrogen and oxygen atoms in total. The lowest BCUT2D eigenvalue weighted by atomic mass is 10.2. The van der Waals surface area contributed by atoms with Crippen molar-refractivity contribution >= 4 is 22.6 Å². The first kappa shape index (κ1) is 12.9. The molecule has 0 radical (unpaired) electrons. The Balaban J connectivity index is 2.37. The highest BCUT2D eigenvalue weighted by Crippen LogP contribution is 2.29. The summed E-state index contributed by atoms with van der Waals surface area (Å²) in [6, 6.07) is 12.4. The van der Waals surface area contributed by atoms with Crippen molar-refractivity contribution in [2.45, 2.75) is 5.88 Å². The Morgan fingerprint density at radius 1 is 1.20 bits per heavy atom. The number of nitrogens with zero attached hydrogens (tertiary/aromatic N) is 2. The summed E-state index contributed by atoms with van der Waals surface area (Å²) in [7, 11) is 1.60. The molecule has 0 aliphatic rings.